The molecule has 0 amide bonds. The molecule has 0 fully saturated rings. The molecule has 0 radical (unpaired) electrons. The highest BCUT2D eigenvalue weighted by Crippen LogP contribution is 2.27. The van der Waals surface area contributed by atoms with Gasteiger partial charge in [0.15, 0.2) is 5.65 Å². The highest BCUT2D eigenvalue weighted by molar-refractivity contribution is 5.83. The maximum Gasteiger partial charge on any atom is 0.241 e. The molecule has 144 valence electrons. The van der Waals surface area contributed by atoms with Gasteiger partial charge in [-0.15, -0.1) is 0 Å². The van der Waals surface area contributed by atoms with Crippen molar-refractivity contribution in [2.45, 2.75) is 13.5 Å². The zero-order valence-corrected chi connectivity index (χ0v) is 15.9. The van der Waals surface area contributed by atoms with Crippen LogP contribution >= 0.6 is 0 Å². The molecule has 0 saturated heterocycles. The Morgan fingerprint density at radius 3 is 2.69 bits per heavy atom. The summed E-state index contributed by atoms with van der Waals surface area (Å²) in [6.45, 7) is 2.51. The maximum absolute atomic E-state index is 13.2. The first kappa shape index (κ1) is 17.3. The van der Waals surface area contributed by atoms with E-state index in [1.165, 1.54) is 18.5 Å². The normalized spacial score (nSPS) is 11.4. The maximum atomic E-state index is 13.2. The predicted molar refractivity (Wildman–Crippen MR) is 107 cm³/mol. The number of aryl methyl sites for hydroxylation is 1. The van der Waals surface area contributed by atoms with Crippen LogP contribution in [0.3, 0.4) is 0 Å². The summed E-state index contributed by atoms with van der Waals surface area (Å²) in [4.78, 5) is 17.6. The van der Waals surface area contributed by atoms with Gasteiger partial charge in [0.25, 0.3) is 0 Å². The summed E-state index contributed by atoms with van der Waals surface area (Å²) in [5.41, 5.74) is 4.95. The fourth-order valence-corrected chi connectivity index (χ4v) is 3.52. The third-order valence-corrected chi connectivity index (χ3v) is 4.95. The van der Waals surface area contributed by atoms with E-state index in [2.05, 4.69) is 24.5 Å². The number of aromatic nitrogens is 6. The summed E-state index contributed by atoms with van der Waals surface area (Å²) >= 11 is 0. The molecule has 0 saturated carbocycles. The highest BCUT2D eigenvalue weighted by atomic mass is 19.1. The van der Waals surface area contributed by atoms with Crippen molar-refractivity contribution < 1.29 is 9.13 Å². The largest absolute Gasteiger partial charge is 0.479 e. The summed E-state index contributed by atoms with van der Waals surface area (Å²) in [6.07, 6.45) is 5.16. The topological polar surface area (TPSA) is 70.7 Å². The van der Waals surface area contributed by atoms with Gasteiger partial charge < -0.3 is 13.9 Å². The van der Waals surface area contributed by atoms with Crippen LogP contribution in [0, 0.1) is 12.7 Å². The minimum Gasteiger partial charge on any atom is -0.479 e. The Morgan fingerprint density at radius 1 is 1.07 bits per heavy atom. The number of methoxy groups -OCH3 is 1. The van der Waals surface area contributed by atoms with Gasteiger partial charge in [-0.05, 0) is 36.8 Å². The van der Waals surface area contributed by atoms with Crippen LogP contribution in [0.15, 0.2) is 55.1 Å². The van der Waals surface area contributed by atoms with Crippen molar-refractivity contribution >= 4 is 22.2 Å². The highest BCUT2D eigenvalue weighted by Gasteiger charge is 2.14. The fourth-order valence-electron chi connectivity index (χ4n) is 3.52. The van der Waals surface area contributed by atoms with Crippen molar-refractivity contribution in [2.75, 3.05) is 7.11 Å². The number of benzene rings is 1. The lowest BCUT2D eigenvalue weighted by Gasteiger charge is -2.10. The number of rotatable bonds is 4. The second-order valence-corrected chi connectivity index (χ2v) is 6.71. The van der Waals surface area contributed by atoms with Crippen LogP contribution in [0.1, 0.15) is 11.4 Å². The molecule has 7 nitrogen and oxygen atoms in total. The molecule has 0 aliphatic carbocycles. The number of fused-ring (bicyclic) bond motifs is 2. The van der Waals surface area contributed by atoms with Gasteiger partial charge in [-0.2, -0.15) is 4.98 Å². The quantitative estimate of drug-likeness (QED) is 0.470. The summed E-state index contributed by atoms with van der Waals surface area (Å²) in [7, 11) is 1.59. The molecule has 0 aliphatic heterocycles. The van der Waals surface area contributed by atoms with E-state index in [1.54, 1.807) is 25.4 Å². The first-order valence-corrected chi connectivity index (χ1v) is 9.08. The van der Waals surface area contributed by atoms with Gasteiger partial charge >= 0.3 is 0 Å². The predicted octanol–water partition coefficient (Wildman–Crippen LogP) is 3.67. The molecule has 29 heavy (non-hydrogen) atoms. The fraction of sp³-hybridized carbons (Fsp3) is 0.143. The van der Waals surface area contributed by atoms with Crippen LogP contribution in [0.25, 0.3) is 27.9 Å². The van der Waals surface area contributed by atoms with Crippen molar-refractivity contribution in [1.82, 2.24) is 29.1 Å². The van der Waals surface area contributed by atoms with Gasteiger partial charge in [-0.1, -0.05) is 12.1 Å². The Morgan fingerprint density at radius 2 is 1.90 bits per heavy atom. The van der Waals surface area contributed by atoms with Crippen LogP contribution in [0.4, 0.5) is 4.39 Å². The van der Waals surface area contributed by atoms with Gasteiger partial charge in [0.1, 0.15) is 23.5 Å². The molecule has 5 rings (SSSR count). The van der Waals surface area contributed by atoms with Gasteiger partial charge in [0.2, 0.25) is 5.88 Å². The number of halogens is 1. The zero-order chi connectivity index (χ0) is 20.0. The average Bonchev–Trinajstić information content (AvgIpc) is 3.30. The van der Waals surface area contributed by atoms with E-state index in [0.29, 0.717) is 18.1 Å². The molecular weight excluding hydrogens is 371 g/mol. The Hall–Kier alpha value is -3.81. The van der Waals surface area contributed by atoms with Crippen LogP contribution in [-0.2, 0) is 6.54 Å². The Balaban J connectivity index is 1.65. The molecule has 1 aromatic carbocycles. The minimum atomic E-state index is -0.249. The second kappa shape index (κ2) is 6.66. The monoisotopic (exact) mass is 388 g/mol. The van der Waals surface area contributed by atoms with E-state index in [0.717, 1.165) is 33.6 Å². The first-order valence-electron chi connectivity index (χ1n) is 9.08. The van der Waals surface area contributed by atoms with Crippen LogP contribution < -0.4 is 4.74 Å². The lowest BCUT2D eigenvalue weighted by molar-refractivity contribution is 0.401. The number of nitrogens with zero attached hydrogens (tertiary/aromatic N) is 6. The van der Waals surface area contributed by atoms with Crippen molar-refractivity contribution in [3.8, 4) is 11.6 Å². The first-order chi connectivity index (χ1) is 14.1. The second-order valence-electron chi connectivity index (χ2n) is 6.71. The molecular formula is C21H17FN6O. The van der Waals surface area contributed by atoms with Crippen molar-refractivity contribution in [1.29, 1.82) is 0 Å². The van der Waals surface area contributed by atoms with Crippen LogP contribution in [0.2, 0.25) is 0 Å². The number of hydrogen-bond donors (Lipinski definition) is 0. The molecule has 0 atom stereocenters. The van der Waals surface area contributed by atoms with E-state index in [-0.39, 0.29) is 5.82 Å². The molecule has 0 spiro atoms. The lowest BCUT2D eigenvalue weighted by Crippen LogP contribution is -2.03. The molecule has 0 aliphatic rings. The smallest absolute Gasteiger partial charge is 0.241 e. The van der Waals surface area contributed by atoms with Gasteiger partial charge in [0, 0.05) is 12.7 Å². The van der Waals surface area contributed by atoms with Crippen LogP contribution in [-0.4, -0.2) is 36.2 Å². The summed E-state index contributed by atoms with van der Waals surface area (Å²) in [5, 5.41) is 0. The van der Waals surface area contributed by atoms with Gasteiger partial charge in [-0.3, -0.25) is 0 Å². The zero-order valence-electron chi connectivity index (χ0n) is 15.9. The minimum absolute atomic E-state index is 0.249. The number of pyridine rings is 1. The summed E-state index contributed by atoms with van der Waals surface area (Å²) < 4.78 is 22.7. The third kappa shape index (κ3) is 2.89. The number of imidazole rings is 1. The molecule has 4 aromatic heterocycles. The average molecular weight is 388 g/mol. The van der Waals surface area contributed by atoms with Crippen LogP contribution in [0.5, 0.6) is 5.88 Å². The van der Waals surface area contributed by atoms with Crippen molar-refractivity contribution in [3.05, 3.63) is 72.3 Å². The van der Waals surface area contributed by atoms with E-state index >= 15 is 0 Å². The number of ether oxygens (including phenoxy) is 1. The Bertz CT molecular complexity index is 1340. The SMILES string of the molecule is COc1ncnc2ccn(-c3cnc4nc(C)n(Cc5ccc(F)cc5)c4c3)c12. The third-order valence-electron chi connectivity index (χ3n) is 4.95. The Kier molecular flexibility index (Phi) is 3.97. The lowest BCUT2D eigenvalue weighted by atomic mass is 10.2. The summed E-state index contributed by atoms with van der Waals surface area (Å²) in [5.74, 6) is 1.09. The number of hydrogen-bond acceptors (Lipinski definition) is 5. The Labute approximate surface area is 165 Å². The summed E-state index contributed by atoms with van der Waals surface area (Å²) in [6, 6.07) is 10.4. The molecule has 8 heteroatoms. The van der Waals surface area contributed by atoms with E-state index in [1.807, 2.05) is 29.8 Å². The molecule has 4 heterocycles. The molecule has 5 aromatic rings. The van der Waals surface area contributed by atoms with E-state index < -0.39 is 0 Å². The standard InChI is InChI=1S/C21H17FN6O/c1-13-26-20-18(28(13)11-14-3-5-15(22)6-4-14)9-16(10-23-20)27-8-7-17-19(27)21(29-2)25-12-24-17/h3-10,12H,11H2,1-2H3. The van der Waals surface area contributed by atoms with Gasteiger partial charge in [-0.25, -0.2) is 19.3 Å². The molecule has 0 bridgehead atoms. The van der Waals surface area contributed by atoms with E-state index in [4.69, 9.17) is 4.74 Å². The van der Waals surface area contributed by atoms with Crippen molar-refractivity contribution in [3.63, 3.8) is 0 Å². The van der Waals surface area contributed by atoms with E-state index in [9.17, 15) is 4.39 Å². The molecule has 0 N–H and O–H groups in total. The molecule has 0 unspecified atom stereocenters. The van der Waals surface area contributed by atoms with Crippen molar-refractivity contribution in [2.24, 2.45) is 0 Å². The van der Waals surface area contributed by atoms with Gasteiger partial charge in [0.05, 0.1) is 30.0 Å².